The van der Waals surface area contributed by atoms with Crippen LogP contribution in [0.15, 0.2) is 12.1 Å². The normalized spacial score (nSPS) is 11.6. The molecule has 0 saturated heterocycles. The SMILES string of the molecule is CC[C@H](C)NC(=O)COC(=O)c1cc(Cl)c(N)cc1OC. The number of hydrogen-bond acceptors (Lipinski definition) is 5. The van der Waals surface area contributed by atoms with E-state index < -0.39 is 5.97 Å². The molecule has 7 heteroatoms. The Morgan fingerprint density at radius 3 is 2.67 bits per heavy atom. The molecule has 1 rings (SSSR count). The monoisotopic (exact) mass is 314 g/mol. The molecule has 0 saturated carbocycles. The molecule has 0 aliphatic rings. The molecule has 0 bridgehead atoms. The summed E-state index contributed by atoms with van der Waals surface area (Å²) < 4.78 is 9.99. The van der Waals surface area contributed by atoms with Crippen molar-refractivity contribution in [1.29, 1.82) is 0 Å². The van der Waals surface area contributed by atoms with Crippen molar-refractivity contribution in [1.82, 2.24) is 5.32 Å². The maximum Gasteiger partial charge on any atom is 0.342 e. The van der Waals surface area contributed by atoms with Crippen LogP contribution in [0.1, 0.15) is 30.6 Å². The van der Waals surface area contributed by atoms with E-state index in [9.17, 15) is 9.59 Å². The molecule has 0 fully saturated rings. The number of esters is 1. The molecule has 0 aromatic heterocycles. The van der Waals surface area contributed by atoms with Crippen molar-refractivity contribution in [2.24, 2.45) is 0 Å². The number of halogens is 1. The summed E-state index contributed by atoms with van der Waals surface area (Å²) >= 11 is 5.87. The van der Waals surface area contributed by atoms with Gasteiger partial charge in [0, 0.05) is 12.1 Å². The van der Waals surface area contributed by atoms with Crippen LogP contribution in [-0.4, -0.2) is 31.6 Å². The van der Waals surface area contributed by atoms with E-state index in [2.05, 4.69) is 5.32 Å². The van der Waals surface area contributed by atoms with Crippen LogP contribution in [-0.2, 0) is 9.53 Å². The van der Waals surface area contributed by atoms with E-state index in [1.165, 1.54) is 19.2 Å². The number of anilines is 1. The summed E-state index contributed by atoms with van der Waals surface area (Å²) in [5, 5.41) is 2.91. The van der Waals surface area contributed by atoms with Gasteiger partial charge in [0.05, 0.1) is 17.8 Å². The van der Waals surface area contributed by atoms with E-state index in [1.807, 2.05) is 13.8 Å². The first-order valence-electron chi connectivity index (χ1n) is 6.48. The maximum atomic E-state index is 12.0. The lowest BCUT2D eigenvalue weighted by atomic mass is 10.2. The minimum atomic E-state index is -0.701. The Morgan fingerprint density at radius 2 is 2.10 bits per heavy atom. The lowest BCUT2D eigenvalue weighted by Gasteiger charge is -2.13. The lowest BCUT2D eigenvalue weighted by Crippen LogP contribution is -2.35. The molecular formula is C14H19ClN2O4. The van der Waals surface area contributed by atoms with Gasteiger partial charge in [-0.3, -0.25) is 4.79 Å². The third-order valence-corrected chi connectivity index (χ3v) is 3.22. The fourth-order valence-corrected chi connectivity index (χ4v) is 1.69. The smallest absolute Gasteiger partial charge is 0.342 e. The number of amides is 1. The van der Waals surface area contributed by atoms with E-state index in [0.717, 1.165) is 6.42 Å². The molecule has 0 heterocycles. The zero-order chi connectivity index (χ0) is 16.0. The minimum Gasteiger partial charge on any atom is -0.496 e. The number of nitrogens with one attached hydrogen (secondary N) is 1. The van der Waals surface area contributed by atoms with Gasteiger partial charge in [-0.2, -0.15) is 0 Å². The Balaban J connectivity index is 2.72. The third-order valence-electron chi connectivity index (χ3n) is 2.89. The lowest BCUT2D eigenvalue weighted by molar-refractivity contribution is -0.124. The third kappa shape index (κ3) is 4.82. The summed E-state index contributed by atoms with van der Waals surface area (Å²) in [6.45, 7) is 3.44. The molecule has 0 spiro atoms. The first-order valence-corrected chi connectivity index (χ1v) is 6.86. The average Bonchev–Trinajstić information content (AvgIpc) is 2.46. The molecule has 1 aromatic rings. The molecule has 1 amide bonds. The first kappa shape index (κ1) is 17.1. The number of nitrogen functional groups attached to an aromatic ring is 1. The summed E-state index contributed by atoms with van der Waals surface area (Å²) in [7, 11) is 1.40. The van der Waals surface area contributed by atoms with E-state index >= 15 is 0 Å². The zero-order valence-corrected chi connectivity index (χ0v) is 13.0. The van der Waals surface area contributed by atoms with Gasteiger partial charge in [0.15, 0.2) is 6.61 Å². The summed E-state index contributed by atoms with van der Waals surface area (Å²) in [6, 6.07) is 2.81. The molecule has 1 atom stereocenters. The van der Waals surface area contributed by atoms with Gasteiger partial charge in [-0.1, -0.05) is 18.5 Å². The maximum absolute atomic E-state index is 12.0. The molecule has 0 radical (unpaired) electrons. The number of nitrogens with two attached hydrogens (primary N) is 1. The number of benzene rings is 1. The zero-order valence-electron chi connectivity index (χ0n) is 12.2. The topological polar surface area (TPSA) is 90.7 Å². The van der Waals surface area contributed by atoms with Gasteiger partial charge in [0.25, 0.3) is 5.91 Å². The predicted octanol–water partition coefficient (Wildman–Crippen LogP) is 2.00. The van der Waals surface area contributed by atoms with Crippen LogP contribution in [0.3, 0.4) is 0 Å². The Labute approximate surface area is 128 Å². The predicted molar refractivity (Wildman–Crippen MR) is 80.6 cm³/mol. The van der Waals surface area contributed by atoms with Gasteiger partial charge < -0.3 is 20.5 Å². The van der Waals surface area contributed by atoms with Crippen molar-refractivity contribution >= 4 is 29.2 Å². The van der Waals surface area contributed by atoms with Gasteiger partial charge in [-0.25, -0.2) is 4.79 Å². The average molecular weight is 315 g/mol. The van der Waals surface area contributed by atoms with Crippen molar-refractivity contribution in [3.05, 3.63) is 22.7 Å². The van der Waals surface area contributed by atoms with E-state index in [0.29, 0.717) is 5.69 Å². The number of carbonyl (C=O) groups excluding carboxylic acids is 2. The molecular weight excluding hydrogens is 296 g/mol. The summed E-state index contributed by atoms with van der Waals surface area (Å²) in [6.07, 6.45) is 0.793. The van der Waals surface area contributed by atoms with Crippen LogP contribution in [0.4, 0.5) is 5.69 Å². The van der Waals surface area contributed by atoms with Crippen LogP contribution in [0.5, 0.6) is 5.75 Å². The molecule has 21 heavy (non-hydrogen) atoms. The standard InChI is InChI=1S/C14H19ClN2O4/c1-4-8(2)17-13(18)7-21-14(19)9-5-10(15)11(16)6-12(9)20-3/h5-6,8H,4,7,16H2,1-3H3,(H,17,18)/t8-/m0/s1. The van der Waals surface area contributed by atoms with E-state index in [1.54, 1.807) is 0 Å². The van der Waals surface area contributed by atoms with Gasteiger partial charge in [0.1, 0.15) is 11.3 Å². The fraction of sp³-hybridized carbons (Fsp3) is 0.429. The Morgan fingerprint density at radius 1 is 1.43 bits per heavy atom. The van der Waals surface area contributed by atoms with E-state index in [-0.39, 0.29) is 34.9 Å². The van der Waals surface area contributed by atoms with Crippen molar-refractivity contribution in [2.75, 3.05) is 19.5 Å². The summed E-state index contributed by atoms with van der Waals surface area (Å²) in [5.74, 6) is -0.824. The second kappa shape index (κ2) is 7.73. The van der Waals surface area contributed by atoms with Crippen LogP contribution in [0.25, 0.3) is 0 Å². The van der Waals surface area contributed by atoms with Crippen LogP contribution < -0.4 is 15.8 Å². The first-order chi connectivity index (χ1) is 9.88. The Bertz CT molecular complexity index is 534. The number of ether oxygens (including phenoxy) is 2. The van der Waals surface area contributed by atoms with Crippen molar-refractivity contribution in [3.63, 3.8) is 0 Å². The number of rotatable bonds is 6. The van der Waals surface area contributed by atoms with Gasteiger partial charge in [0.2, 0.25) is 0 Å². The highest BCUT2D eigenvalue weighted by Crippen LogP contribution is 2.29. The second-order valence-electron chi connectivity index (χ2n) is 4.53. The quantitative estimate of drug-likeness (QED) is 0.619. The summed E-state index contributed by atoms with van der Waals surface area (Å²) in [5.41, 5.74) is 6.04. The van der Waals surface area contributed by atoms with Crippen molar-refractivity contribution < 1.29 is 19.1 Å². The fourth-order valence-electron chi connectivity index (χ4n) is 1.52. The minimum absolute atomic E-state index is 0.0247. The molecule has 0 unspecified atom stereocenters. The van der Waals surface area contributed by atoms with Crippen LogP contribution in [0, 0.1) is 0 Å². The molecule has 3 N–H and O–H groups in total. The number of methoxy groups -OCH3 is 1. The van der Waals surface area contributed by atoms with Gasteiger partial charge >= 0.3 is 5.97 Å². The molecule has 1 aromatic carbocycles. The van der Waals surface area contributed by atoms with Gasteiger partial charge in [-0.15, -0.1) is 0 Å². The number of carbonyl (C=O) groups is 2. The molecule has 0 aliphatic heterocycles. The highest BCUT2D eigenvalue weighted by Gasteiger charge is 2.18. The molecule has 0 aliphatic carbocycles. The van der Waals surface area contributed by atoms with Crippen LogP contribution >= 0.6 is 11.6 Å². The highest BCUT2D eigenvalue weighted by atomic mass is 35.5. The van der Waals surface area contributed by atoms with Crippen molar-refractivity contribution in [2.45, 2.75) is 26.3 Å². The molecule has 116 valence electrons. The van der Waals surface area contributed by atoms with E-state index in [4.69, 9.17) is 26.8 Å². The second-order valence-corrected chi connectivity index (χ2v) is 4.93. The Hall–Kier alpha value is -1.95. The van der Waals surface area contributed by atoms with Gasteiger partial charge in [-0.05, 0) is 19.4 Å². The van der Waals surface area contributed by atoms with Crippen LogP contribution in [0.2, 0.25) is 5.02 Å². The summed E-state index contributed by atoms with van der Waals surface area (Å²) in [4.78, 5) is 23.5. The Kier molecular flexibility index (Phi) is 6.30. The molecule has 6 nitrogen and oxygen atoms in total. The highest BCUT2D eigenvalue weighted by molar-refractivity contribution is 6.33. The van der Waals surface area contributed by atoms with Crippen molar-refractivity contribution in [3.8, 4) is 5.75 Å². The largest absolute Gasteiger partial charge is 0.496 e. The number of hydrogen-bond donors (Lipinski definition) is 2.